The van der Waals surface area contributed by atoms with Crippen molar-refractivity contribution in [2.24, 2.45) is 11.7 Å². The fourth-order valence-corrected chi connectivity index (χ4v) is 3.41. The summed E-state index contributed by atoms with van der Waals surface area (Å²) in [6, 6.07) is 9.90. The van der Waals surface area contributed by atoms with Crippen molar-refractivity contribution in [1.82, 2.24) is 9.88 Å². The van der Waals surface area contributed by atoms with Crippen molar-refractivity contribution in [1.29, 1.82) is 0 Å². The number of nitrogens with zero attached hydrogens (tertiary/aromatic N) is 2. The summed E-state index contributed by atoms with van der Waals surface area (Å²) in [6.45, 7) is 1.03. The number of hydrogen-bond donors (Lipinski definition) is 1. The fraction of sp³-hybridized carbons (Fsp3) is 0.312. The fourth-order valence-electron chi connectivity index (χ4n) is 2.59. The van der Waals surface area contributed by atoms with E-state index in [2.05, 4.69) is 4.98 Å². The zero-order valence-electron chi connectivity index (χ0n) is 12.1. The number of carbonyl (C=O) groups excluding carboxylic acids is 2. The Morgan fingerprint density at radius 3 is 2.77 bits per heavy atom. The Morgan fingerprint density at radius 1 is 1.32 bits per heavy atom. The molecule has 2 heterocycles. The number of likely N-dealkylation sites (tertiary alicyclic amines) is 1. The van der Waals surface area contributed by atoms with Crippen molar-refractivity contribution >= 4 is 23.2 Å². The first-order chi connectivity index (χ1) is 10.6. The molecule has 2 aromatic rings. The van der Waals surface area contributed by atoms with Gasteiger partial charge in [-0.25, -0.2) is 4.98 Å². The second-order valence-electron chi connectivity index (χ2n) is 5.41. The van der Waals surface area contributed by atoms with E-state index in [0.29, 0.717) is 19.5 Å². The molecule has 3 rings (SSSR count). The third-order valence-corrected chi connectivity index (χ3v) is 4.79. The predicted octanol–water partition coefficient (Wildman–Crippen LogP) is 1.69. The number of nitrogens with two attached hydrogens (primary N) is 1. The Balaban J connectivity index is 1.63. The van der Waals surface area contributed by atoms with Crippen molar-refractivity contribution in [3.63, 3.8) is 0 Å². The van der Waals surface area contributed by atoms with E-state index < -0.39 is 0 Å². The first-order valence-corrected chi connectivity index (χ1v) is 8.08. The first kappa shape index (κ1) is 14.7. The number of aromatic nitrogens is 1. The van der Waals surface area contributed by atoms with Gasteiger partial charge in [0.15, 0.2) is 0 Å². The molecule has 1 aliphatic heterocycles. The molecular weight excluding hydrogens is 298 g/mol. The van der Waals surface area contributed by atoms with Crippen LogP contribution in [-0.2, 0) is 16.0 Å². The van der Waals surface area contributed by atoms with Crippen molar-refractivity contribution in [2.45, 2.75) is 12.8 Å². The SMILES string of the molecule is NC(=O)[C@H]1CCN(C(=O)Cc2csc(-c3ccccc3)n2)C1. The van der Waals surface area contributed by atoms with Gasteiger partial charge in [-0.05, 0) is 6.42 Å². The highest BCUT2D eigenvalue weighted by Crippen LogP contribution is 2.24. The third-order valence-electron chi connectivity index (χ3n) is 3.85. The number of amides is 2. The highest BCUT2D eigenvalue weighted by Gasteiger charge is 2.29. The highest BCUT2D eigenvalue weighted by atomic mass is 32.1. The summed E-state index contributed by atoms with van der Waals surface area (Å²) in [5, 5.41) is 2.84. The lowest BCUT2D eigenvalue weighted by atomic mass is 10.1. The zero-order valence-corrected chi connectivity index (χ0v) is 12.9. The van der Waals surface area contributed by atoms with E-state index in [4.69, 9.17) is 5.73 Å². The lowest BCUT2D eigenvalue weighted by Crippen LogP contribution is -2.32. The van der Waals surface area contributed by atoms with Crippen LogP contribution in [-0.4, -0.2) is 34.8 Å². The number of carbonyl (C=O) groups is 2. The monoisotopic (exact) mass is 315 g/mol. The maximum Gasteiger partial charge on any atom is 0.228 e. The van der Waals surface area contributed by atoms with Gasteiger partial charge in [-0.15, -0.1) is 11.3 Å². The molecule has 0 spiro atoms. The van der Waals surface area contributed by atoms with Gasteiger partial charge in [0, 0.05) is 24.0 Å². The van der Waals surface area contributed by atoms with Gasteiger partial charge in [0.25, 0.3) is 0 Å². The van der Waals surface area contributed by atoms with Crippen LogP contribution in [0.1, 0.15) is 12.1 Å². The predicted molar refractivity (Wildman–Crippen MR) is 85.1 cm³/mol. The van der Waals surface area contributed by atoms with Gasteiger partial charge in [0.1, 0.15) is 5.01 Å². The lowest BCUT2D eigenvalue weighted by molar-refractivity contribution is -0.129. The molecule has 0 bridgehead atoms. The van der Waals surface area contributed by atoms with Crippen molar-refractivity contribution < 1.29 is 9.59 Å². The van der Waals surface area contributed by atoms with Crippen LogP contribution >= 0.6 is 11.3 Å². The molecular formula is C16H17N3O2S. The van der Waals surface area contributed by atoms with Gasteiger partial charge in [-0.2, -0.15) is 0 Å². The largest absolute Gasteiger partial charge is 0.369 e. The molecule has 22 heavy (non-hydrogen) atoms. The van der Waals surface area contributed by atoms with Crippen LogP contribution in [0.4, 0.5) is 0 Å². The van der Waals surface area contributed by atoms with E-state index in [0.717, 1.165) is 16.3 Å². The maximum absolute atomic E-state index is 12.3. The maximum atomic E-state index is 12.3. The highest BCUT2D eigenvalue weighted by molar-refractivity contribution is 7.13. The number of rotatable bonds is 4. The molecule has 1 atom stereocenters. The number of primary amides is 1. The normalized spacial score (nSPS) is 17.6. The van der Waals surface area contributed by atoms with E-state index in [1.807, 2.05) is 35.7 Å². The van der Waals surface area contributed by atoms with Crippen LogP contribution in [0.15, 0.2) is 35.7 Å². The van der Waals surface area contributed by atoms with E-state index in [1.54, 1.807) is 4.90 Å². The summed E-state index contributed by atoms with van der Waals surface area (Å²) in [6.07, 6.45) is 0.933. The standard InChI is InChI=1S/C16H17N3O2S/c17-15(21)12-6-7-19(9-12)14(20)8-13-10-22-16(18-13)11-4-2-1-3-5-11/h1-5,10,12H,6-9H2,(H2,17,21)/t12-/m0/s1. The smallest absolute Gasteiger partial charge is 0.228 e. The summed E-state index contributed by atoms with van der Waals surface area (Å²) in [7, 11) is 0. The Kier molecular flexibility index (Phi) is 4.20. The number of thiazole rings is 1. The van der Waals surface area contributed by atoms with Gasteiger partial charge in [0.2, 0.25) is 11.8 Å². The quantitative estimate of drug-likeness (QED) is 0.932. The molecule has 0 aliphatic carbocycles. The zero-order chi connectivity index (χ0) is 15.5. The minimum atomic E-state index is -0.324. The molecule has 1 saturated heterocycles. The number of benzene rings is 1. The summed E-state index contributed by atoms with van der Waals surface area (Å²) in [4.78, 5) is 29.7. The first-order valence-electron chi connectivity index (χ1n) is 7.20. The molecule has 114 valence electrons. The van der Waals surface area contributed by atoms with Crippen LogP contribution in [0.3, 0.4) is 0 Å². The van der Waals surface area contributed by atoms with Crippen LogP contribution in [0, 0.1) is 5.92 Å². The van der Waals surface area contributed by atoms with Crippen LogP contribution in [0.2, 0.25) is 0 Å². The van der Waals surface area contributed by atoms with Crippen molar-refractivity contribution in [3.8, 4) is 10.6 Å². The molecule has 1 aromatic heterocycles. The molecule has 1 aromatic carbocycles. The summed E-state index contributed by atoms with van der Waals surface area (Å²) in [5.41, 5.74) is 7.12. The van der Waals surface area contributed by atoms with E-state index >= 15 is 0 Å². The van der Waals surface area contributed by atoms with Crippen molar-refractivity contribution in [3.05, 3.63) is 41.4 Å². The van der Waals surface area contributed by atoms with Crippen LogP contribution < -0.4 is 5.73 Å². The van der Waals surface area contributed by atoms with Crippen LogP contribution in [0.25, 0.3) is 10.6 Å². The lowest BCUT2D eigenvalue weighted by Gasteiger charge is -2.15. The van der Waals surface area contributed by atoms with Crippen LogP contribution in [0.5, 0.6) is 0 Å². The molecule has 1 aliphatic rings. The molecule has 2 N–H and O–H groups in total. The Labute approximate surface area is 132 Å². The third kappa shape index (κ3) is 3.17. The van der Waals surface area contributed by atoms with E-state index in [-0.39, 0.29) is 24.2 Å². The molecule has 0 unspecified atom stereocenters. The average molecular weight is 315 g/mol. The molecule has 0 radical (unpaired) electrons. The summed E-state index contributed by atoms with van der Waals surface area (Å²) < 4.78 is 0. The van der Waals surface area contributed by atoms with E-state index in [1.165, 1.54) is 11.3 Å². The van der Waals surface area contributed by atoms with E-state index in [9.17, 15) is 9.59 Å². The molecule has 1 fully saturated rings. The molecule has 2 amide bonds. The minimum Gasteiger partial charge on any atom is -0.369 e. The second-order valence-corrected chi connectivity index (χ2v) is 6.27. The Bertz CT molecular complexity index is 684. The Morgan fingerprint density at radius 2 is 2.09 bits per heavy atom. The Hall–Kier alpha value is -2.21. The van der Waals surface area contributed by atoms with Crippen molar-refractivity contribution in [2.75, 3.05) is 13.1 Å². The summed E-state index contributed by atoms with van der Waals surface area (Å²) in [5.74, 6) is -0.525. The molecule has 5 nitrogen and oxygen atoms in total. The second kappa shape index (κ2) is 6.27. The average Bonchev–Trinajstić information content (AvgIpc) is 3.17. The summed E-state index contributed by atoms with van der Waals surface area (Å²) >= 11 is 1.54. The van der Waals surface area contributed by atoms with Gasteiger partial charge in [-0.3, -0.25) is 9.59 Å². The topological polar surface area (TPSA) is 76.3 Å². The van der Waals surface area contributed by atoms with Gasteiger partial charge < -0.3 is 10.6 Å². The van der Waals surface area contributed by atoms with Gasteiger partial charge in [0.05, 0.1) is 18.0 Å². The molecule has 6 heteroatoms. The van der Waals surface area contributed by atoms with Gasteiger partial charge >= 0.3 is 0 Å². The van der Waals surface area contributed by atoms with Gasteiger partial charge in [-0.1, -0.05) is 30.3 Å². The number of hydrogen-bond acceptors (Lipinski definition) is 4. The molecule has 0 saturated carbocycles. The minimum absolute atomic E-state index is 0.00802.